The van der Waals surface area contributed by atoms with E-state index < -0.39 is 0 Å². The third kappa shape index (κ3) is 3.43. The second-order valence-corrected chi connectivity index (χ2v) is 10.7. The monoisotopic (exact) mass is 437 g/mol. The first-order valence-electron chi connectivity index (χ1n) is 12.0. The van der Waals surface area contributed by atoms with Gasteiger partial charge in [0.15, 0.2) is 0 Å². The molecule has 2 aromatic carbocycles. The first-order chi connectivity index (χ1) is 15.9. The van der Waals surface area contributed by atoms with Crippen LogP contribution < -0.4 is 4.74 Å². The van der Waals surface area contributed by atoms with Crippen molar-refractivity contribution < 1.29 is 4.74 Å². The molecule has 4 nitrogen and oxygen atoms in total. The zero-order valence-electron chi connectivity index (χ0n) is 19.9. The molecule has 4 aromatic rings. The van der Waals surface area contributed by atoms with Gasteiger partial charge in [-0.3, -0.25) is 0 Å². The fraction of sp³-hybridized carbons (Fsp3) is 0.379. The third-order valence-corrected chi connectivity index (χ3v) is 7.68. The van der Waals surface area contributed by atoms with Gasteiger partial charge in [-0.15, -0.1) is 0 Å². The normalized spacial score (nSPS) is 20.7. The van der Waals surface area contributed by atoms with Gasteiger partial charge in [0.2, 0.25) is 5.88 Å². The highest BCUT2D eigenvalue weighted by Gasteiger charge is 2.38. The van der Waals surface area contributed by atoms with E-state index in [0.717, 1.165) is 30.7 Å². The van der Waals surface area contributed by atoms with E-state index >= 15 is 0 Å². The number of aromatic nitrogens is 3. The average molecular weight is 438 g/mol. The third-order valence-electron chi connectivity index (χ3n) is 7.68. The van der Waals surface area contributed by atoms with Gasteiger partial charge in [-0.25, -0.2) is 9.97 Å². The molecule has 2 aliphatic carbocycles. The number of rotatable bonds is 4. The van der Waals surface area contributed by atoms with Crippen molar-refractivity contribution in [2.45, 2.75) is 58.0 Å². The molecule has 6 rings (SSSR count). The molecule has 0 amide bonds. The summed E-state index contributed by atoms with van der Waals surface area (Å²) >= 11 is 0. The van der Waals surface area contributed by atoms with Crippen LogP contribution in [0.1, 0.15) is 66.5 Å². The summed E-state index contributed by atoms with van der Waals surface area (Å²) in [6.07, 6.45) is 7.27. The molecule has 0 fully saturated rings. The number of fused-ring (bicyclic) bond motifs is 3. The number of pyridine rings is 1. The van der Waals surface area contributed by atoms with Crippen molar-refractivity contribution >= 4 is 11.0 Å². The van der Waals surface area contributed by atoms with Gasteiger partial charge in [0, 0.05) is 25.2 Å². The molecule has 0 N–H and O–H groups in total. The molecule has 0 radical (unpaired) electrons. The Morgan fingerprint density at radius 2 is 1.88 bits per heavy atom. The molecule has 0 saturated heterocycles. The van der Waals surface area contributed by atoms with Gasteiger partial charge < -0.3 is 9.30 Å². The van der Waals surface area contributed by atoms with Crippen molar-refractivity contribution in [2.75, 3.05) is 0 Å². The van der Waals surface area contributed by atoms with Gasteiger partial charge in [0.05, 0.1) is 17.4 Å². The summed E-state index contributed by atoms with van der Waals surface area (Å²) in [5, 5.41) is 0. The van der Waals surface area contributed by atoms with E-state index in [4.69, 9.17) is 9.72 Å². The minimum atomic E-state index is 0.133. The number of aryl methyl sites for hydroxylation is 1. The molecule has 1 unspecified atom stereocenters. The zero-order chi connectivity index (χ0) is 22.7. The molecule has 0 bridgehead atoms. The summed E-state index contributed by atoms with van der Waals surface area (Å²) in [5.74, 6) is 1.78. The smallest absolute Gasteiger partial charge is 0.213 e. The van der Waals surface area contributed by atoms with Gasteiger partial charge in [0.25, 0.3) is 0 Å². The minimum Gasteiger partial charge on any atom is -0.473 e. The molecule has 2 aromatic heterocycles. The van der Waals surface area contributed by atoms with Crippen molar-refractivity contribution in [2.24, 2.45) is 13.0 Å². The standard InChI is InChI=1S/C29H31N3O/c1-18-10-20-13-27(30-15-21(20)11-18)33-16-19-8-9-25-23(12-19)24(14-29(25,2)3)22-6-5-7-26-28(22)31-17-32(26)4/h5-9,12-13,15,17-18,24H,10-11,14,16H2,1-4H3/t18-,24?/m0/s1. The quantitative estimate of drug-likeness (QED) is 0.388. The predicted molar refractivity (Wildman–Crippen MR) is 132 cm³/mol. The van der Waals surface area contributed by atoms with Crippen molar-refractivity contribution in [3.8, 4) is 5.88 Å². The second-order valence-electron chi connectivity index (χ2n) is 10.7. The number of nitrogens with zero attached hydrogens (tertiary/aromatic N) is 3. The number of benzene rings is 2. The predicted octanol–water partition coefficient (Wildman–Crippen LogP) is 6.10. The van der Waals surface area contributed by atoms with Gasteiger partial charge in [-0.1, -0.05) is 51.1 Å². The summed E-state index contributed by atoms with van der Waals surface area (Å²) in [5.41, 5.74) is 10.6. The number of hydrogen-bond donors (Lipinski definition) is 0. The fourth-order valence-electron chi connectivity index (χ4n) is 6.01. The lowest BCUT2D eigenvalue weighted by Crippen LogP contribution is -2.12. The maximum Gasteiger partial charge on any atom is 0.213 e. The van der Waals surface area contributed by atoms with Crippen molar-refractivity contribution in [1.29, 1.82) is 0 Å². The van der Waals surface area contributed by atoms with E-state index in [1.165, 1.54) is 38.9 Å². The van der Waals surface area contributed by atoms with Gasteiger partial charge in [-0.2, -0.15) is 0 Å². The molecule has 4 heteroatoms. The molecule has 0 aliphatic heterocycles. The minimum absolute atomic E-state index is 0.133. The highest BCUT2D eigenvalue weighted by Crippen LogP contribution is 2.50. The summed E-state index contributed by atoms with van der Waals surface area (Å²) in [6.45, 7) is 7.55. The Hall–Kier alpha value is -3.14. The van der Waals surface area contributed by atoms with Crippen LogP contribution in [0.25, 0.3) is 11.0 Å². The summed E-state index contributed by atoms with van der Waals surface area (Å²) in [6, 6.07) is 15.6. The van der Waals surface area contributed by atoms with E-state index in [-0.39, 0.29) is 5.41 Å². The largest absolute Gasteiger partial charge is 0.473 e. The van der Waals surface area contributed by atoms with E-state index in [1.807, 2.05) is 12.5 Å². The Morgan fingerprint density at radius 1 is 1.03 bits per heavy atom. The Balaban J connectivity index is 1.31. The second kappa shape index (κ2) is 7.44. The zero-order valence-corrected chi connectivity index (χ0v) is 19.9. The molecule has 0 saturated carbocycles. The molecule has 168 valence electrons. The Morgan fingerprint density at radius 3 is 2.76 bits per heavy atom. The lowest BCUT2D eigenvalue weighted by atomic mass is 9.85. The fourth-order valence-corrected chi connectivity index (χ4v) is 6.01. The molecule has 2 aliphatic rings. The molecular formula is C29H31N3O. The molecule has 2 heterocycles. The Kier molecular flexibility index (Phi) is 4.62. The van der Waals surface area contributed by atoms with Gasteiger partial charge in [0.1, 0.15) is 6.61 Å². The lowest BCUT2D eigenvalue weighted by molar-refractivity contribution is 0.293. The summed E-state index contributed by atoms with van der Waals surface area (Å²) < 4.78 is 8.26. The van der Waals surface area contributed by atoms with E-state index in [9.17, 15) is 0 Å². The van der Waals surface area contributed by atoms with E-state index in [0.29, 0.717) is 18.4 Å². The van der Waals surface area contributed by atoms with Gasteiger partial charge >= 0.3 is 0 Å². The van der Waals surface area contributed by atoms with Crippen LogP contribution in [0.15, 0.2) is 55.0 Å². The van der Waals surface area contributed by atoms with Gasteiger partial charge in [-0.05, 0) is 70.0 Å². The topological polar surface area (TPSA) is 39.9 Å². The average Bonchev–Trinajstić information content (AvgIpc) is 3.44. The molecule has 0 spiro atoms. The molecule has 2 atom stereocenters. The van der Waals surface area contributed by atoms with E-state index in [2.05, 4.69) is 79.8 Å². The first kappa shape index (κ1) is 20.5. The van der Waals surface area contributed by atoms with Crippen LogP contribution in [0.2, 0.25) is 0 Å². The highest BCUT2D eigenvalue weighted by molar-refractivity contribution is 5.80. The number of hydrogen-bond acceptors (Lipinski definition) is 3. The number of para-hydroxylation sites is 1. The maximum absolute atomic E-state index is 6.15. The van der Waals surface area contributed by atoms with Crippen molar-refractivity contribution in [3.05, 3.63) is 88.4 Å². The van der Waals surface area contributed by atoms with Crippen LogP contribution in [0.4, 0.5) is 0 Å². The summed E-state index contributed by atoms with van der Waals surface area (Å²) in [7, 11) is 2.06. The highest BCUT2D eigenvalue weighted by atomic mass is 16.5. The van der Waals surface area contributed by atoms with Crippen molar-refractivity contribution in [3.63, 3.8) is 0 Å². The lowest BCUT2D eigenvalue weighted by Gasteiger charge is -2.19. The number of imidazole rings is 1. The number of ether oxygens (including phenoxy) is 1. The van der Waals surface area contributed by atoms with Crippen LogP contribution in [0.3, 0.4) is 0 Å². The Labute approximate surface area is 195 Å². The van der Waals surface area contributed by atoms with Crippen LogP contribution in [-0.4, -0.2) is 14.5 Å². The van der Waals surface area contributed by atoms with Crippen LogP contribution in [0, 0.1) is 5.92 Å². The SMILES string of the molecule is C[C@@H]1Cc2cnc(OCc3ccc4c(c3)C(c3cccc5c3ncn5C)CC4(C)C)cc2C1. The van der Waals surface area contributed by atoms with E-state index in [1.54, 1.807) is 0 Å². The van der Waals surface area contributed by atoms with Crippen LogP contribution >= 0.6 is 0 Å². The van der Waals surface area contributed by atoms with Crippen LogP contribution in [0.5, 0.6) is 5.88 Å². The first-order valence-corrected chi connectivity index (χ1v) is 12.0. The molecular weight excluding hydrogens is 406 g/mol. The Bertz CT molecular complexity index is 1370. The van der Waals surface area contributed by atoms with Crippen molar-refractivity contribution in [1.82, 2.24) is 14.5 Å². The summed E-state index contributed by atoms with van der Waals surface area (Å²) in [4.78, 5) is 9.31. The maximum atomic E-state index is 6.15. The van der Waals surface area contributed by atoms with Crippen LogP contribution in [-0.2, 0) is 31.9 Å². The molecule has 33 heavy (non-hydrogen) atoms.